The molecule has 0 radical (unpaired) electrons. The fourth-order valence-corrected chi connectivity index (χ4v) is 6.63. The van der Waals surface area contributed by atoms with Gasteiger partial charge >= 0.3 is 0 Å². The van der Waals surface area contributed by atoms with Crippen molar-refractivity contribution >= 4 is 49.2 Å². The van der Waals surface area contributed by atoms with Crippen LogP contribution in [0.15, 0.2) is 169 Å². The van der Waals surface area contributed by atoms with Crippen LogP contribution >= 0.6 is 0 Å². The van der Waals surface area contributed by atoms with E-state index in [4.69, 9.17) is 0 Å². The molecule has 0 unspecified atom stereocenters. The molecule has 0 atom stereocenters. The Morgan fingerprint density at radius 2 is 1.09 bits per heavy atom. The third-order valence-corrected chi connectivity index (χ3v) is 8.69. The molecule has 0 aliphatic carbocycles. The number of hydrogen-bond acceptors (Lipinski definition) is 0. The number of hydrogen-bond donors (Lipinski definition) is 0. The molecule has 7 rings (SSSR count). The van der Waals surface area contributed by atoms with Crippen molar-refractivity contribution in [1.82, 2.24) is 0 Å². The molecule has 0 fully saturated rings. The first-order valence-electron chi connectivity index (χ1n) is 15.3. The molecule has 0 heterocycles. The van der Waals surface area contributed by atoms with Gasteiger partial charge in [-0.2, -0.15) is 0 Å². The lowest BCUT2D eigenvalue weighted by Gasteiger charge is -2.19. The molecular formula is C44H34. The first-order chi connectivity index (χ1) is 21.7. The third-order valence-electron chi connectivity index (χ3n) is 8.69. The summed E-state index contributed by atoms with van der Waals surface area (Å²) in [6.45, 7) is 8.33. The molecule has 0 aromatic heterocycles. The fourth-order valence-electron chi connectivity index (χ4n) is 6.63. The van der Waals surface area contributed by atoms with Gasteiger partial charge in [0.1, 0.15) is 0 Å². The van der Waals surface area contributed by atoms with E-state index < -0.39 is 0 Å². The van der Waals surface area contributed by atoms with Gasteiger partial charge in [0.15, 0.2) is 0 Å². The standard InChI is InChI=1S/C44H34/c1-4-14-30(3)31(5-2)23-25-33-27-28-42(37-18-9-8-17-36(33)37)44-40-21-12-10-19-38(40)43(39-20-11-13-22-41(39)44)35-26-24-32-15-6-7-16-34(32)29-35/h4-29H,3H2,1-2H3/b14-4-,25-23+,31-5-. The van der Waals surface area contributed by atoms with E-state index in [1.54, 1.807) is 0 Å². The predicted octanol–water partition coefficient (Wildman–Crippen LogP) is 12.7. The molecule has 7 aromatic carbocycles. The Labute approximate surface area is 259 Å². The Morgan fingerprint density at radius 3 is 1.73 bits per heavy atom. The van der Waals surface area contributed by atoms with E-state index in [9.17, 15) is 0 Å². The molecule has 0 nitrogen and oxygen atoms in total. The zero-order valence-electron chi connectivity index (χ0n) is 25.2. The highest BCUT2D eigenvalue weighted by atomic mass is 14.2. The lowest BCUT2D eigenvalue weighted by Crippen LogP contribution is -1.92. The smallest absolute Gasteiger partial charge is 0.00201 e. The minimum absolute atomic E-state index is 1.01. The van der Waals surface area contributed by atoms with Crippen LogP contribution in [-0.4, -0.2) is 0 Å². The second-order valence-corrected chi connectivity index (χ2v) is 11.3. The van der Waals surface area contributed by atoms with Crippen molar-refractivity contribution in [3.8, 4) is 22.3 Å². The summed E-state index contributed by atoms with van der Waals surface area (Å²) in [6.07, 6.45) is 10.6. The monoisotopic (exact) mass is 562 g/mol. The van der Waals surface area contributed by atoms with Crippen molar-refractivity contribution in [1.29, 1.82) is 0 Å². The zero-order valence-corrected chi connectivity index (χ0v) is 25.2. The summed E-state index contributed by atoms with van der Waals surface area (Å²) in [6, 6.07) is 46.6. The molecular weight excluding hydrogens is 528 g/mol. The van der Waals surface area contributed by atoms with E-state index in [-0.39, 0.29) is 0 Å². The lowest BCUT2D eigenvalue weighted by molar-refractivity contribution is 1.51. The number of allylic oxidation sites excluding steroid dienone is 6. The highest BCUT2D eigenvalue weighted by Crippen LogP contribution is 2.46. The minimum atomic E-state index is 1.01. The van der Waals surface area contributed by atoms with Crippen LogP contribution in [-0.2, 0) is 0 Å². The van der Waals surface area contributed by atoms with Crippen molar-refractivity contribution in [2.75, 3.05) is 0 Å². The minimum Gasteiger partial charge on any atom is -0.0912 e. The van der Waals surface area contributed by atoms with Crippen molar-refractivity contribution < 1.29 is 0 Å². The molecule has 0 bridgehead atoms. The Morgan fingerprint density at radius 1 is 0.523 bits per heavy atom. The van der Waals surface area contributed by atoms with Gasteiger partial charge in [-0.05, 0) is 102 Å². The van der Waals surface area contributed by atoms with Gasteiger partial charge in [-0.1, -0.05) is 158 Å². The first-order valence-corrected chi connectivity index (χ1v) is 15.3. The quantitative estimate of drug-likeness (QED) is 0.140. The first kappa shape index (κ1) is 27.4. The lowest BCUT2D eigenvalue weighted by atomic mass is 9.84. The van der Waals surface area contributed by atoms with Gasteiger partial charge in [0.05, 0.1) is 0 Å². The number of fused-ring (bicyclic) bond motifs is 4. The average Bonchev–Trinajstić information content (AvgIpc) is 3.07. The predicted molar refractivity (Wildman–Crippen MR) is 194 cm³/mol. The van der Waals surface area contributed by atoms with E-state index in [0.29, 0.717) is 0 Å². The van der Waals surface area contributed by atoms with Gasteiger partial charge in [0, 0.05) is 0 Å². The SMILES string of the molecule is C=C(/C=C\C)C(=C\C)/C=C/c1ccc(-c2c3ccccc3c(-c3ccc4ccccc4c3)c3ccccc23)c2ccccc12. The van der Waals surface area contributed by atoms with Crippen molar-refractivity contribution in [3.63, 3.8) is 0 Å². The van der Waals surface area contributed by atoms with Crippen LogP contribution in [0, 0.1) is 0 Å². The largest absolute Gasteiger partial charge is 0.0912 e. The van der Waals surface area contributed by atoms with Crippen LogP contribution in [0.1, 0.15) is 19.4 Å². The van der Waals surface area contributed by atoms with Crippen LogP contribution in [0.2, 0.25) is 0 Å². The highest BCUT2D eigenvalue weighted by molar-refractivity contribution is 6.24. The molecule has 0 aliphatic rings. The average molecular weight is 563 g/mol. The molecule has 0 spiro atoms. The summed E-state index contributed by atoms with van der Waals surface area (Å²) >= 11 is 0. The molecule has 0 amide bonds. The zero-order chi connectivity index (χ0) is 30.0. The molecule has 0 saturated carbocycles. The van der Waals surface area contributed by atoms with Gasteiger partial charge in [-0.3, -0.25) is 0 Å². The van der Waals surface area contributed by atoms with Crippen LogP contribution in [0.5, 0.6) is 0 Å². The van der Waals surface area contributed by atoms with Crippen LogP contribution in [0.3, 0.4) is 0 Å². The summed E-state index contributed by atoms with van der Waals surface area (Å²) in [5.74, 6) is 0. The molecule has 0 saturated heterocycles. The highest BCUT2D eigenvalue weighted by Gasteiger charge is 2.18. The molecule has 0 aliphatic heterocycles. The van der Waals surface area contributed by atoms with Crippen LogP contribution in [0.25, 0.3) is 71.4 Å². The second-order valence-electron chi connectivity index (χ2n) is 11.3. The van der Waals surface area contributed by atoms with Crippen molar-refractivity contribution in [2.24, 2.45) is 0 Å². The van der Waals surface area contributed by atoms with E-state index >= 15 is 0 Å². The Hall–Kier alpha value is -5.46. The van der Waals surface area contributed by atoms with E-state index in [0.717, 1.165) is 11.1 Å². The Balaban J connectivity index is 1.49. The second kappa shape index (κ2) is 11.7. The molecule has 210 valence electrons. The van der Waals surface area contributed by atoms with Crippen LogP contribution < -0.4 is 0 Å². The molecule has 0 N–H and O–H groups in total. The van der Waals surface area contributed by atoms with Crippen molar-refractivity contribution in [3.05, 3.63) is 175 Å². The molecule has 44 heavy (non-hydrogen) atoms. The maximum absolute atomic E-state index is 4.24. The maximum atomic E-state index is 4.24. The van der Waals surface area contributed by atoms with Gasteiger partial charge in [0.2, 0.25) is 0 Å². The maximum Gasteiger partial charge on any atom is -0.00201 e. The van der Waals surface area contributed by atoms with E-state index in [2.05, 4.69) is 165 Å². The van der Waals surface area contributed by atoms with Crippen molar-refractivity contribution in [2.45, 2.75) is 13.8 Å². The van der Waals surface area contributed by atoms with E-state index in [1.807, 2.05) is 13.0 Å². The van der Waals surface area contributed by atoms with Gasteiger partial charge < -0.3 is 0 Å². The number of benzene rings is 7. The van der Waals surface area contributed by atoms with E-state index in [1.165, 1.54) is 70.9 Å². The number of rotatable bonds is 6. The summed E-state index contributed by atoms with van der Waals surface area (Å²) in [7, 11) is 0. The van der Waals surface area contributed by atoms with Gasteiger partial charge in [-0.15, -0.1) is 0 Å². The molecule has 7 aromatic rings. The van der Waals surface area contributed by atoms with Crippen LogP contribution in [0.4, 0.5) is 0 Å². The topological polar surface area (TPSA) is 0 Å². The summed E-state index contributed by atoms with van der Waals surface area (Å²) < 4.78 is 0. The Bertz CT molecular complexity index is 2250. The van der Waals surface area contributed by atoms with Gasteiger partial charge in [0.25, 0.3) is 0 Å². The normalized spacial score (nSPS) is 12.4. The fraction of sp³-hybridized carbons (Fsp3) is 0.0455. The summed E-state index contributed by atoms with van der Waals surface area (Å²) in [5, 5.41) is 10.1. The molecule has 0 heteroatoms. The van der Waals surface area contributed by atoms with Gasteiger partial charge in [-0.25, -0.2) is 0 Å². The summed E-state index contributed by atoms with van der Waals surface area (Å²) in [4.78, 5) is 0. The Kier molecular flexibility index (Phi) is 7.26. The third kappa shape index (κ3) is 4.75. The summed E-state index contributed by atoms with van der Waals surface area (Å²) in [5.41, 5.74) is 8.39.